The molecule has 8 unspecified atom stereocenters. The Balaban J connectivity index is 0.000000419. The molecule has 82 heavy (non-hydrogen) atoms. The maximum atomic E-state index is 12.8. The number of carbonyl (C=O) groups is 4. The van der Waals surface area contributed by atoms with Gasteiger partial charge in [-0.05, 0) is 41.7 Å². The molecule has 0 aromatic heterocycles. The van der Waals surface area contributed by atoms with Crippen LogP contribution in [0.15, 0.2) is 0 Å². The number of hydrogen-bond acceptors (Lipinski definition) is 23. The van der Waals surface area contributed by atoms with E-state index in [1.807, 2.05) is 6.92 Å². The van der Waals surface area contributed by atoms with E-state index in [0.29, 0.717) is 38.8 Å². The van der Waals surface area contributed by atoms with Gasteiger partial charge in [-0.3, -0.25) is 50.9 Å². The van der Waals surface area contributed by atoms with Crippen LogP contribution >= 0.6 is 30.8 Å². The van der Waals surface area contributed by atoms with E-state index in [2.05, 4.69) is 10.6 Å². The van der Waals surface area contributed by atoms with Crippen LogP contribution in [0.4, 0.5) is 0 Å². The van der Waals surface area contributed by atoms with Crippen molar-refractivity contribution in [3.8, 4) is 0 Å². The van der Waals surface area contributed by atoms with Crippen molar-refractivity contribution < 1.29 is 122 Å². The Bertz CT molecular complexity index is 2230. The summed E-state index contributed by atoms with van der Waals surface area (Å²) in [6.45, 7) is 15.5. The minimum absolute atomic E-state index is 0. The summed E-state index contributed by atoms with van der Waals surface area (Å²) >= 11 is 0. The van der Waals surface area contributed by atoms with E-state index in [1.165, 1.54) is 30.9 Å². The zero-order valence-corrected chi connectivity index (χ0v) is 51.3. The number of ketones is 1. The maximum Gasteiger partial charge on any atom is 0.472 e. The summed E-state index contributed by atoms with van der Waals surface area (Å²) in [5.74, 6) is -0.592. The van der Waals surface area contributed by atoms with E-state index in [1.54, 1.807) is 41.7 Å². The van der Waals surface area contributed by atoms with E-state index in [9.17, 15) is 57.0 Å². The Morgan fingerprint density at radius 2 is 1.10 bits per heavy atom. The highest BCUT2D eigenvalue weighted by molar-refractivity contribution is 7.52. The van der Waals surface area contributed by atoms with Gasteiger partial charge in [-0.2, -0.15) is 0 Å². The number of ether oxygens (including phenoxy) is 8. The lowest BCUT2D eigenvalue weighted by molar-refractivity contribution is -0.161. The lowest BCUT2D eigenvalue weighted by Crippen LogP contribution is -2.47. The summed E-state index contributed by atoms with van der Waals surface area (Å²) in [5, 5.41) is 5.64. The Morgan fingerprint density at radius 1 is 0.634 bits per heavy atom. The zero-order chi connectivity index (χ0) is 60.0. The number of nitrogens with zero attached hydrogens (tertiary/aromatic N) is 2. The normalized spacial score (nSPS) is 33.4. The van der Waals surface area contributed by atoms with E-state index >= 15 is 0 Å². The predicted octanol–water partition coefficient (Wildman–Crippen LogP) is 2.80. The van der Waals surface area contributed by atoms with Crippen LogP contribution in [0, 0.1) is 0 Å². The van der Waals surface area contributed by atoms with Crippen molar-refractivity contribution in [1.82, 2.24) is 20.4 Å². The second kappa shape index (κ2) is 33.6. The van der Waals surface area contributed by atoms with Crippen LogP contribution in [-0.2, 0) is 102 Å². The molecule has 6 saturated heterocycles. The summed E-state index contributed by atoms with van der Waals surface area (Å²) in [7, 11) is -11.8. The van der Waals surface area contributed by atoms with Crippen molar-refractivity contribution >= 4 is 54.3 Å². The van der Waals surface area contributed by atoms with Gasteiger partial charge >= 0.3 is 30.8 Å². The number of carbonyl (C=O) groups excluding carboxylic acids is 4. The van der Waals surface area contributed by atoms with E-state index in [-0.39, 0.29) is 116 Å². The molecule has 0 aromatic carbocycles. The standard InChI is InChI=1S/C16H30N4O4.C16H28O12P2.C14H28O10P2.2CH4/c1-5-15(23)19(11-13(3)21)10-8-18-14(22)12-20(9-7-17-4)16(24)6-2;1-9-11-13(27-29(4,17)18)16(26-9,7-23-11)8-24-30(19,20)28-14-12-10(2)25-15(14,5-21-3)6-22-12;1-9-5-11(23-25(4,15)16)14(22-9)8-20-26(17,18)24-12-6-10(2)21-13(12)7-19-3;;/h17H,5-12H2,1-4H3,(H,18,22);9-14H,5-8H2,1-4H3,(H,17,18)(H,19,20);9-14H,5-8H2,1-4H3,(H,15,16)(H,17,18);2*1H4/t;9?,10?,11-,12-,13+,14+,15-,16+;9?,10?,11-,12-,13-,14-;;/m.01../s1. The monoisotopic (exact) mass is 1270 g/mol. The van der Waals surface area contributed by atoms with Crippen LogP contribution in [0.3, 0.4) is 0 Å². The van der Waals surface area contributed by atoms with E-state index < -0.39 is 104 Å². The number of rotatable bonds is 30. The average molecular weight is 1270 g/mol. The topological polar surface area (TPSA) is 377 Å². The Labute approximate surface area is 482 Å². The SMILES string of the molecule is C.C.CCC(=O)N(CCNC(=O)CN(CCNC)C(=O)CC)CC(C)=O.COC[C@@]12CO[C@@H](C(C)O1)[C@H]2OP(=O)(O)OC[C@@]12CO[C@@H](C(C)O1)[C@H]2OP(C)(=O)O.COC[C@H]1OC(C)C[C@H]1OP(=O)(O)OC[C@H]1OC(C)C[C@H]1OP(C)(=O)O. The number of phosphoric acid groups is 2. The van der Waals surface area contributed by atoms with Crippen LogP contribution in [0.1, 0.15) is 89.0 Å². The molecule has 30 nitrogen and oxygen atoms in total. The lowest BCUT2D eigenvalue weighted by atomic mass is 10.00. The fourth-order valence-electron chi connectivity index (χ4n) is 9.95. The highest BCUT2D eigenvalue weighted by atomic mass is 31.2. The summed E-state index contributed by atoms with van der Waals surface area (Å²) in [5.41, 5.74) is -2.31. The summed E-state index contributed by atoms with van der Waals surface area (Å²) in [6.07, 6.45) is -5.15. The van der Waals surface area contributed by atoms with E-state index in [4.69, 9.17) is 65.0 Å². The minimum atomic E-state index is -4.59. The van der Waals surface area contributed by atoms with Gasteiger partial charge in [0.2, 0.25) is 17.7 Å². The van der Waals surface area contributed by atoms with Crippen LogP contribution < -0.4 is 10.6 Å². The molecule has 6 aliphatic heterocycles. The molecule has 6 N–H and O–H groups in total. The third-order valence-corrected chi connectivity index (χ3v) is 16.6. The van der Waals surface area contributed by atoms with Crippen molar-refractivity contribution in [3.05, 3.63) is 0 Å². The van der Waals surface area contributed by atoms with Gasteiger partial charge in [-0.15, -0.1) is 0 Å². The maximum absolute atomic E-state index is 12.8. The number of likely N-dealkylation sites (N-methyl/N-ethyl adjacent to an activating group) is 1. The molecule has 0 spiro atoms. The summed E-state index contributed by atoms with van der Waals surface area (Å²) < 4.78 is 124. The van der Waals surface area contributed by atoms with Gasteiger partial charge in [0.05, 0.1) is 83.3 Å². The molecule has 6 fully saturated rings. The van der Waals surface area contributed by atoms with Crippen LogP contribution in [-0.4, -0.2) is 251 Å². The van der Waals surface area contributed by atoms with Gasteiger partial charge in [0.1, 0.15) is 59.7 Å². The average Bonchev–Trinajstić information content (AvgIpc) is 4.17. The Hall–Kier alpha value is -1.76. The summed E-state index contributed by atoms with van der Waals surface area (Å²) in [6, 6.07) is 0. The summed E-state index contributed by atoms with van der Waals surface area (Å²) in [4.78, 5) is 89.1. The fraction of sp³-hybridized carbons (Fsp3) is 0.917. The molecule has 6 aliphatic rings. The molecule has 0 aliphatic carbocycles. The number of phosphoric ester groups is 2. The van der Waals surface area contributed by atoms with Gasteiger partial charge in [0.25, 0.3) is 0 Å². The quantitative estimate of drug-likeness (QED) is 0.0563. The molecule has 6 heterocycles. The van der Waals surface area contributed by atoms with Gasteiger partial charge in [0, 0.05) is 79.4 Å². The molecular weight excluding hydrogens is 1170 g/mol. The molecule has 3 amide bonds. The first kappa shape index (κ1) is 76.3. The van der Waals surface area contributed by atoms with Crippen LogP contribution in [0.2, 0.25) is 0 Å². The second-order valence-corrected chi connectivity index (χ2v) is 27.0. The van der Waals surface area contributed by atoms with Gasteiger partial charge in [-0.1, -0.05) is 28.7 Å². The van der Waals surface area contributed by atoms with Crippen molar-refractivity contribution in [3.63, 3.8) is 0 Å². The molecule has 0 aromatic rings. The number of amides is 3. The number of fused-ring (bicyclic) bond motifs is 4. The molecular formula is C48H94N4O26P4. The van der Waals surface area contributed by atoms with Crippen LogP contribution in [0.5, 0.6) is 0 Å². The fourth-order valence-corrected chi connectivity index (χ4v) is 13.4. The molecule has 4 bridgehead atoms. The zero-order valence-electron chi connectivity index (χ0n) is 47.7. The number of Topliss-reactive ketones (excluding diaryl/α,β-unsaturated/α-hetero) is 1. The highest BCUT2D eigenvalue weighted by Crippen LogP contribution is 2.56. The molecule has 482 valence electrons. The third-order valence-electron chi connectivity index (χ3n) is 13.4. The van der Waals surface area contributed by atoms with Crippen LogP contribution in [0.25, 0.3) is 0 Å². The molecule has 6 rings (SSSR count). The van der Waals surface area contributed by atoms with Crippen molar-refractivity contribution in [1.29, 1.82) is 0 Å². The lowest BCUT2D eigenvalue weighted by Gasteiger charge is -2.32. The predicted molar refractivity (Wildman–Crippen MR) is 295 cm³/mol. The first-order valence-electron chi connectivity index (χ1n) is 26.4. The van der Waals surface area contributed by atoms with Gasteiger partial charge < -0.3 is 82.4 Å². The number of nitrogens with one attached hydrogen (secondary N) is 2. The first-order chi connectivity index (χ1) is 37.2. The highest BCUT2D eigenvalue weighted by Gasteiger charge is 2.65. The Kier molecular flexibility index (Phi) is 31.2. The largest absolute Gasteiger partial charge is 0.472 e. The minimum Gasteiger partial charge on any atom is -0.382 e. The smallest absolute Gasteiger partial charge is 0.382 e. The Morgan fingerprint density at radius 3 is 1.56 bits per heavy atom. The van der Waals surface area contributed by atoms with Gasteiger partial charge in [0.15, 0.2) is 0 Å². The molecule has 0 saturated carbocycles. The first-order valence-corrected chi connectivity index (χ1v) is 33.4. The van der Waals surface area contributed by atoms with Crippen molar-refractivity contribution in [2.75, 3.05) is 114 Å². The number of methoxy groups -OCH3 is 2. The van der Waals surface area contributed by atoms with Crippen molar-refractivity contribution in [2.24, 2.45) is 0 Å². The third kappa shape index (κ3) is 23.1. The molecule has 34 heteroatoms. The molecule has 18 atom stereocenters. The number of hydrogen-bond donors (Lipinski definition) is 6. The second-order valence-electron chi connectivity index (χ2n) is 20.6. The van der Waals surface area contributed by atoms with Crippen molar-refractivity contribution in [2.45, 2.75) is 173 Å². The molecule has 0 radical (unpaired) electrons. The van der Waals surface area contributed by atoms with E-state index in [0.717, 1.165) is 13.3 Å². The van der Waals surface area contributed by atoms with Gasteiger partial charge in [-0.25, -0.2) is 9.13 Å².